The maximum Gasteiger partial charge on any atom is 0.0225 e. The summed E-state index contributed by atoms with van der Waals surface area (Å²) in [4.78, 5) is 0. The van der Waals surface area contributed by atoms with Gasteiger partial charge in [0.1, 0.15) is 0 Å². The molecule has 0 radical (unpaired) electrons. The van der Waals surface area contributed by atoms with Crippen molar-refractivity contribution in [2.45, 2.75) is 26.8 Å². The minimum atomic E-state index is 0.0463. The van der Waals surface area contributed by atoms with E-state index in [0.29, 0.717) is 0 Å². The summed E-state index contributed by atoms with van der Waals surface area (Å²) in [6.45, 7) is 13.7. The molecule has 21 heavy (non-hydrogen) atoms. The average molecular weight is 279 g/mol. The van der Waals surface area contributed by atoms with Crippen LogP contribution in [0.25, 0.3) is 17.7 Å². The van der Waals surface area contributed by atoms with Crippen LogP contribution in [0.5, 0.6) is 0 Å². The standard InChI is InChI=1S/C20H25N/c1-6-9-18(10-7-2)19-12-11-17(8-3)20(14-19)13-15(4)16(5)21/h6-14,16H,1,3,21H2,2,4-5H3/b10-7-,15-13-,18-9+. The first kappa shape index (κ1) is 16.9. The molecule has 0 aromatic heterocycles. The third-order valence-electron chi connectivity index (χ3n) is 3.39. The van der Waals surface area contributed by atoms with Gasteiger partial charge in [-0.3, -0.25) is 0 Å². The van der Waals surface area contributed by atoms with Gasteiger partial charge in [-0.15, -0.1) is 0 Å². The zero-order chi connectivity index (χ0) is 15.8. The van der Waals surface area contributed by atoms with E-state index < -0.39 is 0 Å². The smallest absolute Gasteiger partial charge is 0.0225 e. The molecule has 1 aromatic carbocycles. The van der Waals surface area contributed by atoms with Crippen molar-refractivity contribution in [1.29, 1.82) is 0 Å². The molecule has 1 atom stereocenters. The fraction of sp³-hybridized carbons (Fsp3) is 0.200. The molecule has 1 rings (SSSR count). The van der Waals surface area contributed by atoms with E-state index in [1.807, 2.05) is 32.1 Å². The molecule has 0 aliphatic rings. The summed E-state index contributed by atoms with van der Waals surface area (Å²) in [5.74, 6) is 0. The second-order valence-electron chi connectivity index (χ2n) is 5.08. The van der Waals surface area contributed by atoms with Crippen LogP contribution >= 0.6 is 0 Å². The second-order valence-corrected chi connectivity index (χ2v) is 5.08. The van der Waals surface area contributed by atoms with E-state index in [2.05, 4.69) is 50.4 Å². The quantitative estimate of drug-likeness (QED) is 0.709. The van der Waals surface area contributed by atoms with E-state index in [1.54, 1.807) is 6.08 Å². The lowest BCUT2D eigenvalue weighted by atomic mass is 9.96. The van der Waals surface area contributed by atoms with Crippen LogP contribution in [0.1, 0.15) is 37.5 Å². The van der Waals surface area contributed by atoms with E-state index in [4.69, 9.17) is 5.73 Å². The van der Waals surface area contributed by atoms with E-state index in [0.717, 1.165) is 27.8 Å². The van der Waals surface area contributed by atoms with E-state index in [1.165, 1.54) is 0 Å². The van der Waals surface area contributed by atoms with Crippen molar-refractivity contribution < 1.29 is 0 Å². The normalized spacial score (nSPS) is 14.3. The van der Waals surface area contributed by atoms with Gasteiger partial charge < -0.3 is 5.73 Å². The lowest BCUT2D eigenvalue weighted by Gasteiger charge is -2.10. The molecule has 0 bridgehead atoms. The number of allylic oxidation sites excluding steroid dienone is 5. The predicted molar refractivity (Wildman–Crippen MR) is 96.8 cm³/mol. The minimum Gasteiger partial charge on any atom is -0.324 e. The first-order valence-corrected chi connectivity index (χ1v) is 7.19. The van der Waals surface area contributed by atoms with Crippen molar-refractivity contribution >= 4 is 17.7 Å². The number of benzene rings is 1. The molecule has 0 aliphatic heterocycles. The van der Waals surface area contributed by atoms with Gasteiger partial charge in [0.2, 0.25) is 0 Å². The third kappa shape index (κ3) is 4.73. The van der Waals surface area contributed by atoms with Gasteiger partial charge in [0.25, 0.3) is 0 Å². The van der Waals surface area contributed by atoms with Gasteiger partial charge in [-0.1, -0.05) is 67.3 Å². The third-order valence-corrected chi connectivity index (χ3v) is 3.39. The first-order valence-electron chi connectivity index (χ1n) is 7.19. The molecular weight excluding hydrogens is 254 g/mol. The van der Waals surface area contributed by atoms with Gasteiger partial charge in [-0.25, -0.2) is 0 Å². The lowest BCUT2D eigenvalue weighted by Crippen LogP contribution is -2.15. The molecule has 1 heteroatoms. The van der Waals surface area contributed by atoms with Crippen molar-refractivity contribution in [2.75, 3.05) is 0 Å². The Labute approximate surface area is 128 Å². The Morgan fingerprint density at radius 1 is 1.24 bits per heavy atom. The molecule has 0 heterocycles. The van der Waals surface area contributed by atoms with Crippen LogP contribution in [0.3, 0.4) is 0 Å². The van der Waals surface area contributed by atoms with Crippen molar-refractivity contribution in [2.24, 2.45) is 5.73 Å². The molecule has 2 N–H and O–H groups in total. The summed E-state index contributed by atoms with van der Waals surface area (Å²) in [7, 11) is 0. The van der Waals surface area contributed by atoms with Crippen LogP contribution in [0, 0.1) is 0 Å². The van der Waals surface area contributed by atoms with Crippen LogP contribution < -0.4 is 5.73 Å². The topological polar surface area (TPSA) is 26.0 Å². The SMILES string of the molecule is C=C/C=C(\C=C/C)c1ccc(C=C)c(/C=C(/C)C(C)N)c1. The summed E-state index contributed by atoms with van der Waals surface area (Å²) in [6.07, 6.45) is 11.9. The van der Waals surface area contributed by atoms with Crippen molar-refractivity contribution in [3.8, 4) is 0 Å². The molecule has 0 fully saturated rings. The number of hydrogen-bond donors (Lipinski definition) is 1. The second kappa shape index (κ2) is 8.23. The summed E-state index contributed by atoms with van der Waals surface area (Å²) < 4.78 is 0. The summed E-state index contributed by atoms with van der Waals surface area (Å²) >= 11 is 0. The van der Waals surface area contributed by atoms with Gasteiger partial charge >= 0.3 is 0 Å². The molecule has 0 saturated carbocycles. The largest absolute Gasteiger partial charge is 0.324 e. The number of hydrogen-bond acceptors (Lipinski definition) is 1. The molecule has 1 unspecified atom stereocenters. The Morgan fingerprint density at radius 3 is 2.48 bits per heavy atom. The minimum absolute atomic E-state index is 0.0463. The summed E-state index contributed by atoms with van der Waals surface area (Å²) in [6, 6.07) is 6.40. The maximum atomic E-state index is 5.94. The summed E-state index contributed by atoms with van der Waals surface area (Å²) in [5.41, 5.74) is 11.6. The van der Waals surface area contributed by atoms with E-state index in [-0.39, 0.29) is 6.04 Å². The molecule has 0 saturated heterocycles. The monoisotopic (exact) mass is 279 g/mol. The zero-order valence-corrected chi connectivity index (χ0v) is 13.3. The highest BCUT2D eigenvalue weighted by molar-refractivity contribution is 5.78. The highest BCUT2D eigenvalue weighted by atomic mass is 14.6. The molecule has 1 nitrogen and oxygen atoms in total. The van der Waals surface area contributed by atoms with Crippen LogP contribution in [0.15, 0.2) is 61.2 Å². The average Bonchev–Trinajstić information content (AvgIpc) is 2.46. The van der Waals surface area contributed by atoms with Gasteiger partial charge in [0, 0.05) is 6.04 Å². The fourth-order valence-electron chi connectivity index (χ4n) is 2.00. The Balaban J connectivity index is 3.40. The number of nitrogens with two attached hydrogens (primary N) is 1. The van der Waals surface area contributed by atoms with Crippen molar-refractivity contribution in [3.05, 3.63) is 77.9 Å². The van der Waals surface area contributed by atoms with Gasteiger partial charge in [-0.05, 0) is 49.1 Å². The molecule has 0 spiro atoms. The zero-order valence-electron chi connectivity index (χ0n) is 13.3. The van der Waals surface area contributed by atoms with E-state index in [9.17, 15) is 0 Å². The first-order chi connectivity index (χ1) is 10.0. The van der Waals surface area contributed by atoms with Gasteiger partial charge in [0.15, 0.2) is 0 Å². The molecule has 1 aromatic rings. The Bertz CT molecular complexity index is 598. The predicted octanol–water partition coefficient (Wildman–Crippen LogP) is 5.23. The van der Waals surface area contributed by atoms with Crippen LogP contribution in [-0.4, -0.2) is 6.04 Å². The van der Waals surface area contributed by atoms with Gasteiger partial charge in [-0.2, -0.15) is 0 Å². The molecular formula is C20H25N. The van der Waals surface area contributed by atoms with Crippen LogP contribution in [0.2, 0.25) is 0 Å². The van der Waals surface area contributed by atoms with Crippen LogP contribution in [-0.2, 0) is 0 Å². The summed E-state index contributed by atoms with van der Waals surface area (Å²) in [5, 5.41) is 0. The van der Waals surface area contributed by atoms with Crippen molar-refractivity contribution in [3.63, 3.8) is 0 Å². The Hall–Kier alpha value is -2.12. The fourth-order valence-corrected chi connectivity index (χ4v) is 2.00. The van der Waals surface area contributed by atoms with Crippen LogP contribution in [0.4, 0.5) is 0 Å². The molecule has 110 valence electrons. The highest BCUT2D eigenvalue weighted by Gasteiger charge is 2.04. The maximum absolute atomic E-state index is 5.94. The Kier molecular flexibility index (Phi) is 6.64. The van der Waals surface area contributed by atoms with Crippen molar-refractivity contribution in [1.82, 2.24) is 0 Å². The molecule has 0 amide bonds. The van der Waals surface area contributed by atoms with E-state index >= 15 is 0 Å². The number of rotatable bonds is 6. The Morgan fingerprint density at radius 2 is 1.95 bits per heavy atom. The molecule has 0 aliphatic carbocycles. The van der Waals surface area contributed by atoms with Gasteiger partial charge in [0.05, 0.1) is 0 Å². The lowest BCUT2D eigenvalue weighted by molar-refractivity contribution is 0.868. The highest BCUT2D eigenvalue weighted by Crippen LogP contribution is 2.23.